The maximum absolute atomic E-state index is 12.8. The number of rotatable bonds is 7. The van der Waals surface area contributed by atoms with Crippen molar-refractivity contribution in [3.05, 3.63) is 48.0 Å². The van der Waals surface area contributed by atoms with E-state index in [1.165, 1.54) is 12.8 Å². The van der Waals surface area contributed by atoms with Gasteiger partial charge in [-0.3, -0.25) is 4.79 Å². The number of phenolic OH excluding ortho intramolecular Hbond substituents is 1. The van der Waals surface area contributed by atoms with E-state index in [4.69, 9.17) is 14.7 Å². The van der Waals surface area contributed by atoms with E-state index in [0.717, 1.165) is 54.6 Å². The molecule has 208 valence electrons. The topological polar surface area (TPSA) is 87.6 Å². The Morgan fingerprint density at radius 3 is 2.62 bits per heavy atom. The lowest BCUT2D eigenvalue weighted by Crippen LogP contribution is -2.46. The Kier molecular flexibility index (Phi) is 8.36. The largest absolute Gasteiger partial charge is 0.507 e. The Morgan fingerprint density at radius 2 is 1.87 bits per heavy atom. The molecule has 1 aliphatic carbocycles. The third-order valence-electron chi connectivity index (χ3n) is 8.53. The number of phenols is 1. The zero-order valence-electron chi connectivity index (χ0n) is 23.7. The van der Waals surface area contributed by atoms with Crippen molar-refractivity contribution in [2.75, 3.05) is 24.6 Å². The van der Waals surface area contributed by atoms with Crippen LogP contribution in [0.15, 0.2) is 42.5 Å². The van der Waals surface area contributed by atoms with E-state index in [2.05, 4.69) is 56.1 Å². The molecule has 1 aromatic heterocycles. The first kappa shape index (κ1) is 27.4. The number of fused-ring (bicyclic) bond motifs is 1. The number of nitrogens with zero attached hydrogens (tertiary/aromatic N) is 3. The average molecular weight is 531 g/mol. The molecule has 1 amide bonds. The van der Waals surface area contributed by atoms with Gasteiger partial charge in [0.15, 0.2) is 5.82 Å². The van der Waals surface area contributed by atoms with E-state index in [1.807, 2.05) is 12.1 Å². The highest BCUT2D eigenvalue weighted by molar-refractivity contribution is 5.92. The van der Waals surface area contributed by atoms with Crippen molar-refractivity contribution in [3.8, 4) is 17.1 Å². The fourth-order valence-corrected chi connectivity index (χ4v) is 6.24. The minimum atomic E-state index is -0.0148. The summed E-state index contributed by atoms with van der Waals surface area (Å²) in [5, 5.41) is 14.7. The fraction of sp³-hybridized carbons (Fsp3) is 0.531. The predicted molar refractivity (Wildman–Crippen MR) is 156 cm³/mol. The molecule has 2 aromatic carbocycles. The Labute approximate surface area is 232 Å². The van der Waals surface area contributed by atoms with E-state index >= 15 is 0 Å². The highest BCUT2D eigenvalue weighted by Gasteiger charge is 2.32. The molecular formula is C32H42N4O3. The third-order valence-corrected chi connectivity index (χ3v) is 8.53. The molecule has 39 heavy (non-hydrogen) atoms. The number of hydrogen-bond acceptors (Lipinski definition) is 6. The summed E-state index contributed by atoms with van der Waals surface area (Å²) in [5.74, 6) is 3.31. The third kappa shape index (κ3) is 6.35. The van der Waals surface area contributed by atoms with Gasteiger partial charge < -0.3 is 20.1 Å². The predicted octanol–water partition coefficient (Wildman–Crippen LogP) is 5.87. The summed E-state index contributed by atoms with van der Waals surface area (Å²) < 4.78 is 6.18. The molecule has 1 saturated carbocycles. The number of carbonyl (C=O) groups is 1. The second kappa shape index (κ2) is 11.9. The van der Waals surface area contributed by atoms with Gasteiger partial charge in [-0.25, -0.2) is 9.97 Å². The average Bonchev–Trinajstić information content (AvgIpc) is 2.91. The van der Waals surface area contributed by atoms with Gasteiger partial charge in [-0.2, -0.15) is 0 Å². The number of carbonyl (C=O) groups excluding carboxylic acids is 1. The molecule has 2 fully saturated rings. The standard InChI is InChI=1S/C32H42N4O3/c1-20(2)24-11-9-22(4)18-29(24)39-19-30(38)33-23-13-15-36(16-14-23)32-25-12-10-21(3)17-27(25)34-31(35-32)26-7-5-6-8-28(26)37/h5-8,10,12,17,20,22-24,29,37H,9,11,13-16,18-19H2,1-4H3,(H,33,38). The Balaban J connectivity index is 1.24. The van der Waals surface area contributed by atoms with Gasteiger partial charge in [0.1, 0.15) is 18.2 Å². The summed E-state index contributed by atoms with van der Waals surface area (Å²) in [7, 11) is 0. The van der Waals surface area contributed by atoms with Crippen molar-refractivity contribution < 1.29 is 14.6 Å². The molecule has 7 heteroatoms. The van der Waals surface area contributed by atoms with E-state index in [-0.39, 0.29) is 30.4 Å². The maximum Gasteiger partial charge on any atom is 0.246 e. The van der Waals surface area contributed by atoms with Crippen molar-refractivity contribution in [1.29, 1.82) is 0 Å². The second-order valence-electron chi connectivity index (χ2n) is 11.9. The van der Waals surface area contributed by atoms with Gasteiger partial charge in [-0.05, 0) is 80.2 Å². The Bertz CT molecular complexity index is 1300. The molecule has 7 nitrogen and oxygen atoms in total. The number of ether oxygens (including phenoxy) is 1. The fourth-order valence-electron chi connectivity index (χ4n) is 6.24. The van der Waals surface area contributed by atoms with E-state index in [1.54, 1.807) is 12.1 Å². The lowest BCUT2D eigenvalue weighted by molar-refractivity contribution is -0.132. The molecule has 2 aliphatic rings. The summed E-state index contributed by atoms with van der Waals surface area (Å²) in [6.07, 6.45) is 5.34. The number of anilines is 1. The first-order valence-electron chi connectivity index (χ1n) is 14.5. The van der Waals surface area contributed by atoms with Crippen LogP contribution in [0.25, 0.3) is 22.3 Å². The van der Waals surface area contributed by atoms with Crippen LogP contribution < -0.4 is 10.2 Å². The lowest BCUT2D eigenvalue weighted by atomic mass is 9.75. The number of aromatic hydroxyl groups is 1. The van der Waals surface area contributed by atoms with Crippen LogP contribution in [0.2, 0.25) is 0 Å². The highest BCUT2D eigenvalue weighted by Crippen LogP contribution is 2.36. The molecule has 1 aliphatic heterocycles. The minimum absolute atomic E-state index is 0.0148. The number of para-hydroxylation sites is 1. The molecular weight excluding hydrogens is 488 g/mol. The number of piperidine rings is 1. The number of aryl methyl sites for hydroxylation is 1. The molecule has 3 aromatic rings. The summed E-state index contributed by atoms with van der Waals surface area (Å²) in [5.41, 5.74) is 2.61. The molecule has 0 bridgehead atoms. The number of hydrogen-bond donors (Lipinski definition) is 2. The summed E-state index contributed by atoms with van der Waals surface area (Å²) >= 11 is 0. The molecule has 2 N–H and O–H groups in total. The van der Waals surface area contributed by atoms with Crippen LogP contribution in [0.1, 0.15) is 58.4 Å². The number of benzene rings is 2. The first-order chi connectivity index (χ1) is 18.8. The van der Waals surface area contributed by atoms with Crippen LogP contribution in [0, 0.1) is 24.7 Å². The van der Waals surface area contributed by atoms with Crippen LogP contribution >= 0.6 is 0 Å². The number of amides is 1. The van der Waals surface area contributed by atoms with Gasteiger partial charge in [0.05, 0.1) is 17.2 Å². The number of aromatic nitrogens is 2. The van der Waals surface area contributed by atoms with Crippen LogP contribution in [0.4, 0.5) is 5.82 Å². The van der Waals surface area contributed by atoms with Crippen molar-refractivity contribution in [2.24, 2.45) is 17.8 Å². The lowest BCUT2D eigenvalue weighted by Gasteiger charge is -2.37. The molecule has 0 spiro atoms. The Morgan fingerprint density at radius 1 is 1.10 bits per heavy atom. The van der Waals surface area contributed by atoms with Gasteiger partial charge in [-0.1, -0.05) is 45.4 Å². The molecule has 5 rings (SSSR count). The number of nitrogens with one attached hydrogen (secondary N) is 1. The summed E-state index contributed by atoms with van der Waals surface area (Å²) in [6, 6.07) is 13.5. The van der Waals surface area contributed by atoms with Crippen LogP contribution in [0.5, 0.6) is 5.75 Å². The summed E-state index contributed by atoms with van der Waals surface area (Å²) in [4.78, 5) is 24.8. The maximum atomic E-state index is 12.8. The van der Waals surface area contributed by atoms with Gasteiger partial charge in [0, 0.05) is 24.5 Å². The Hall–Kier alpha value is -3.19. The van der Waals surface area contributed by atoms with E-state index in [0.29, 0.717) is 29.1 Å². The minimum Gasteiger partial charge on any atom is -0.507 e. The van der Waals surface area contributed by atoms with Gasteiger partial charge in [0.25, 0.3) is 0 Å². The van der Waals surface area contributed by atoms with Crippen LogP contribution in [-0.4, -0.2) is 52.8 Å². The highest BCUT2D eigenvalue weighted by atomic mass is 16.5. The molecule has 3 unspecified atom stereocenters. The van der Waals surface area contributed by atoms with Crippen LogP contribution in [-0.2, 0) is 9.53 Å². The molecule has 1 saturated heterocycles. The van der Waals surface area contributed by atoms with Crippen molar-refractivity contribution >= 4 is 22.6 Å². The smallest absolute Gasteiger partial charge is 0.246 e. The van der Waals surface area contributed by atoms with Crippen molar-refractivity contribution in [1.82, 2.24) is 15.3 Å². The summed E-state index contributed by atoms with van der Waals surface area (Å²) in [6.45, 7) is 10.6. The second-order valence-corrected chi connectivity index (χ2v) is 11.9. The van der Waals surface area contributed by atoms with Crippen LogP contribution in [0.3, 0.4) is 0 Å². The normalized spacial score (nSPS) is 22.4. The monoisotopic (exact) mass is 530 g/mol. The van der Waals surface area contributed by atoms with E-state index in [9.17, 15) is 9.90 Å². The molecule has 2 heterocycles. The quantitative estimate of drug-likeness (QED) is 0.397. The van der Waals surface area contributed by atoms with Gasteiger partial charge in [0.2, 0.25) is 5.91 Å². The first-order valence-corrected chi connectivity index (χ1v) is 14.5. The van der Waals surface area contributed by atoms with Gasteiger partial charge in [-0.15, -0.1) is 0 Å². The zero-order chi connectivity index (χ0) is 27.5. The van der Waals surface area contributed by atoms with Crippen molar-refractivity contribution in [2.45, 2.75) is 71.9 Å². The van der Waals surface area contributed by atoms with Crippen molar-refractivity contribution in [3.63, 3.8) is 0 Å². The van der Waals surface area contributed by atoms with E-state index < -0.39 is 0 Å². The molecule has 0 radical (unpaired) electrons. The zero-order valence-corrected chi connectivity index (χ0v) is 23.7. The molecule has 3 atom stereocenters. The SMILES string of the molecule is Cc1ccc2c(N3CCC(NC(=O)COC4CC(C)CCC4C(C)C)CC3)nc(-c3ccccc3O)nc2c1. The van der Waals surface area contributed by atoms with Gasteiger partial charge >= 0.3 is 0 Å².